The van der Waals surface area contributed by atoms with Crippen molar-refractivity contribution in [3.63, 3.8) is 0 Å². The number of aliphatic hydroxyl groups excluding tert-OH is 1. The lowest BCUT2D eigenvalue weighted by Gasteiger charge is -2.32. The van der Waals surface area contributed by atoms with Crippen molar-refractivity contribution in [3.05, 3.63) is 66.1 Å². The second-order valence-corrected chi connectivity index (χ2v) is 6.55. The van der Waals surface area contributed by atoms with Crippen molar-refractivity contribution in [2.45, 2.75) is 24.9 Å². The van der Waals surface area contributed by atoms with Gasteiger partial charge in [0.15, 0.2) is 11.5 Å². The van der Waals surface area contributed by atoms with Crippen molar-refractivity contribution >= 4 is 11.1 Å². The third kappa shape index (κ3) is 3.21. The van der Waals surface area contributed by atoms with E-state index in [0.717, 1.165) is 48.5 Å². The minimum atomic E-state index is -0.450. The van der Waals surface area contributed by atoms with Crippen molar-refractivity contribution in [1.29, 1.82) is 0 Å². The van der Waals surface area contributed by atoms with Gasteiger partial charge in [0, 0.05) is 19.0 Å². The molecule has 2 aromatic carbocycles. The predicted octanol–water partition coefficient (Wildman–Crippen LogP) is 3.74. The number of nitrogens with zero attached hydrogens (tertiary/aromatic N) is 2. The van der Waals surface area contributed by atoms with E-state index in [9.17, 15) is 5.11 Å². The topological polar surface area (TPSA) is 49.5 Å². The number of likely N-dealkylation sites (tertiary alicyclic amines) is 1. The molecule has 0 unspecified atom stereocenters. The molecular formula is C20H22N2O2. The summed E-state index contributed by atoms with van der Waals surface area (Å²) in [5.74, 6) is 1.13. The molecule has 1 saturated heterocycles. The average Bonchev–Trinajstić information content (AvgIpc) is 3.07. The summed E-state index contributed by atoms with van der Waals surface area (Å²) in [7, 11) is 0. The molecule has 0 bridgehead atoms. The molecule has 0 spiro atoms. The van der Waals surface area contributed by atoms with Crippen molar-refractivity contribution in [2.75, 3.05) is 19.6 Å². The summed E-state index contributed by atoms with van der Waals surface area (Å²) in [6, 6.07) is 17.8. The second-order valence-electron chi connectivity index (χ2n) is 6.55. The Kier molecular flexibility index (Phi) is 4.32. The minimum absolute atomic E-state index is 0.300. The SMILES string of the molecule is O[C@H](CN1CCC[C@@H](c2nc3ccccc3o2)C1)c1ccccc1. The van der Waals surface area contributed by atoms with Crippen LogP contribution in [0.25, 0.3) is 11.1 Å². The third-order valence-electron chi connectivity index (χ3n) is 4.78. The molecule has 0 aliphatic carbocycles. The number of aromatic nitrogens is 1. The lowest BCUT2D eigenvalue weighted by Crippen LogP contribution is -2.37. The van der Waals surface area contributed by atoms with Crippen LogP contribution in [0.4, 0.5) is 0 Å². The van der Waals surface area contributed by atoms with E-state index in [-0.39, 0.29) is 0 Å². The molecule has 3 aromatic rings. The maximum absolute atomic E-state index is 10.5. The first-order valence-electron chi connectivity index (χ1n) is 8.60. The Labute approximate surface area is 141 Å². The highest BCUT2D eigenvalue weighted by Gasteiger charge is 2.26. The van der Waals surface area contributed by atoms with Gasteiger partial charge in [-0.15, -0.1) is 0 Å². The molecule has 124 valence electrons. The molecule has 2 atom stereocenters. The van der Waals surface area contributed by atoms with Gasteiger partial charge in [-0.3, -0.25) is 4.90 Å². The van der Waals surface area contributed by atoms with Gasteiger partial charge in [-0.2, -0.15) is 0 Å². The number of β-amino-alcohol motifs (C(OH)–C–C–N with tert-alkyl or cyclic N) is 1. The summed E-state index contributed by atoms with van der Waals surface area (Å²) in [5, 5.41) is 10.5. The van der Waals surface area contributed by atoms with Crippen molar-refractivity contribution < 1.29 is 9.52 Å². The number of para-hydroxylation sites is 2. The molecule has 0 saturated carbocycles. The molecule has 0 radical (unpaired) electrons. The Hall–Kier alpha value is -2.17. The Morgan fingerprint density at radius 3 is 2.75 bits per heavy atom. The van der Waals surface area contributed by atoms with Crippen LogP contribution in [0.1, 0.15) is 36.3 Å². The van der Waals surface area contributed by atoms with Crippen molar-refractivity contribution in [3.8, 4) is 0 Å². The number of piperidine rings is 1. The van der Waals surface area contributed by atoms with E-state index < -0.39 is 6.10 Å². The van der Waals surface area contributed by atoms with Gasteiger partial charge in [0.2, 0.25) is 0 Å². The zero-order chi connectivity index (χ0) is 16.4. The average molecular weight is 322 g/mol. The molecule has 4 heteroatoms. The zero-order valence-corrected chi connectivity index (χ0v) is 13.6. The Balaban J connectivity index is 1.45. The Morgan fingerprint density at radius 1 is 1.12 bits per heavy atom. The Bertz CT molecular complexity index is 767. The first-order valence-corrected chi connectivity index (χ1v) is 8.60. The molecule has 24 heavy (non-hydrogen) atoms. The van der Waals surface area contributed by atoms with Crippen LogP contribution in [0.15, 0.2) is 59.0 Å². The van der Waals surface area contributed by atoms with Gasteiger partial charge >= 0.3 is 0 Å². The normalized spacial score (nSPS) is 20.3. The van der Waals surface area contributed by atoms with Gasteiger partial charge in [0.05, 0.1) is 6.10 Å². The van der Waals surface area contributed by atoms with E-state index >= 15 is 0 Å². The van der Waals surface area contributed by atoms with E-state index in [1.165, 1.54) is 0 Å². The molecule has 2 heterocycles. The van der Waals surface area contributed by atoms with Gasteiger partial charge in [-0.05, 0) is 37.1 Å². The van der Waals surface area contributed by atoms with E-state index in [1.54, 1.807) is 0 Å². The number of hydrogen-bond acceptors (Lipinski definition) is 4. The standard InChI is InChI=1S/C20H22N2O2/c23-18(15-7-2-1-3-8-15)14-22-12-6-9-16(13-22)20-21-17-10-4-5-11-19(17)24-20/h1-5,7-8,10-11,16,18,23H,6,9,12-14H2/t16-,18-/m1/s1. The fourth-order valence-corrected chi connectivity index (χ4v) is 3.51. The van der Waals surface area contributed by atoms with Gasteiger partial charge in [0.25, 0.3) is 0 Å². The molecular weight excluding hydrogens is 300 g/mol. The summed E-state index contributed by atoms with van der Waals surface area (Å²) in [6.45, 7) is 2.55. The summed E-state index contributed by atoms with van der Waals surface area (Å²) < 4.78 is 5.95. The van der Waals surface area contributed by atoms with Crippen LogP contribution >= 0.6 is 0 Å². The fourth-order valence-electron chi connectivity index (χ4n) is 3.51. The quantitative estimate of drug-likeness (QED) is 0.795. The molecule has 1 aliphatic heterocycles. The highest BCUT2D eigenvalue weighted by Crippen LogP contribution is 2.29. The summed E-state index contributed by atoms with van der Waals surface area (Å²) >= 11 is 0. The third-order valence-corrected chi connectivity index (χ3v) is 4.78. The molecule has 1 fully saturated rings. The lowest BCUT2D eigenvalue weighted by molar-refractivity contribution is 0.0923. The van der Waals surface area contributed by atoms with E-state index in [1.807, 2.05) is 54.6 Å². The second kappa shape index (κ2) is 6.75. The molecule has 1 aromatic heterocycles. The van der Waals surface area contributed by atoms with Gasteiger partial charge < -0.3 is 9.52 Å². The van der Waals surface area contributed by atoms with Crippen LogP contribution in [0.3, 0.4) is 0 Å². The monoisotopic (exact) mass is 322 g/mol. The van der Waals surface area contributed by atoms with Crippen LogP contribution in [0.5, 0.6) is 0 Å². The Morgan fingerprint density at radius 2 is 1.92 bits per heavy atom. The van der Waals surface area contributed by atoms with Crippen LogP contribution in [0.2, 0.25) is 0 Å². The predicted molar refractivity (Wildman–Crippen MR) is 93.8 cm³/mol. The lowest BCUT2D eigenvalue weighted by atomic mass is 9.97. The first-order chi connectivity index (χ1) is 11.8. The van der Waals surface area contributed by atoms with E-state index in [2.05, 4.69) is 9.88 Å². The minimum Gasteiger partial charge on any atom is -0.440 e. The summed E-state index contributed by atoms with van der Waals surface area (Å²) in [4.78, 5) is 6.97. The molecule has 1 aliphatic rings. The van der Waals surface area contributed by atoms with E-state index in [0.29, 0.717) is 12.5 Å². The number of benzene rings is 2. The number of aliphatic hydroxyl groups is 1. The van der Waals surface area contributed by atoms with Crippen molar-refractivity contribution in [1.82, 2.24) is 9.88 Å². The van der Waals surface area contributed by atoms with Gasteiger partial charge in [-0.25, -0.2) is 4.98 Å². The van der Waals surface area contributed by atoms with Crippen LogP contribution < -0.4 is 0 Å². The van der Waals surface area contributed by atoms with Gasteiger partial charge in [0.1, 0.15) is 5.52 Å². The summed E-state index contributed by atoms with van der Waals surface area (Å²) in [5.41, 5.74) is 2.75. The number of oxazole rings is 1. The number of fused-ring (bicyclic) bond motifs is 1. The number of rotatable bonds is 4. The summed E-state index contributed by atoms with van der Waals surface area (Å²) in [6.07, 6.45) is 1.74. The fraction of sp³-hybridized carbons (Fsp3) is 0.350. The van der Waals surface area contributed by atoms with Gasteiger partial charge in [-0.1, -0.05) is 42.5 Å². The molecule has 1 N–H and O–H groups in total. The maximum Gasteiger partial charge on any atom is 0.199 e. The first kappa shape index (κ1) is 15.4. The molecule has 0 amide bonds. The van der Waals surface area contributed by atoms with Crippen LogP contribution in [-0.4, -0.2) is 34.6 Å². The highest BCUT2D eigenvalue weighted by molar-refractivity contribution is 5.72. The largest absolute Gasteiger partial charge is 0.440 e. The number of hydrogen-bond donors (Lipinski definition) is 1. The van der Waals surface area contributed by atoms with Crippen molar-refractivity contribution in [2.24, 2.45) is 0 Å². The smallest absolute Gasteiger partial charge is 0.199 e. The maximum atomic E-state index is 10.5. The van der Waals surface area contributed by atoms with Crippen LogP contribution in [-0.2, 0) is 0 Å². The molecule has 4 rings (SSSR count). The zero-order valence-electron chi connectivity index (χ0n) is 13.6. The van der Waals surface area contributed by atoms with Crippen LogP contribution in [0, 0.1) is 0 Å². The highest BCUT2D eigenvalue weighted by atomic mass is 16.3. The molecule has 4 nitrogen and oxygen atoms in total. The van der Waals surface area contributed by atoms with E-state index in [4.69, 9.17) is 4.42 Å².